The van der Waals surface area contributed by atoms with E-state index in [-0.39, 0.29) is 18.1 Å². The molecule has 1 aliphatic heterocycles. The second kappa shape index (κ2) is 9.68. The molecule has 3 rings (SSSR count). The molecule has 27 heavy (non-hydrogen) atoms. The number of nitrogens with zero attached hydrogens (tertiary/aromatic N) is 2. The summed E-state index contributed by atoms with van der Waals surface area (Å²) in [6.45, 7) is 9.55. The van der Waals surface area contributed by atoms with E-state index < -0.39 is 0 Å². The highest BCUT2D eigenvalue weighted by molar-refractivity contribution is 7.98. The third kappa shape index (κ3) is 6.31. The Bertz CT molecular complexity index is 738. The van der Waals surface area contributed by atoms with Crippen LogP contribution in [0.5, 0.6) is 0 Å². The summed E-state index contributed by atoms with van der Waals surface area (Å²) in [5.41, 5.74) is 1.81. The van der Waals surface area contributed by atoms with Crippen LogP contribution in [-0.4, -0.2) is 54.2 Å². The number of morpholine rings is 1. The van der Waals surface area contributed by atoms with E-state index in [1.807, 2.05) is 31.2 Å². The molecule has 1 aliphatic rings. The van der Waals surface area contributed by atoms with Gasteiger partial charge in [0.25, 0.3) is 5.91 Å². The Hall–Kier alpha value is -1.41. The number of aryl methyl sites for hydroxylation is 1. The van der Waals surface area contributed by atoms with Crippen molar-refractivity contribution in [3.8, 4) is 0 Å². The maximum Gasteiger partial charge on any atom is 0.251 e. The molecule has 7 heteroatoms. The molecule has 1 aromatic heterocycles. The van der Waals surface area contributed by atoms with E-state index in [9.17, 15) is 4.79 Å². The van der Waals surface area contributed by atoms with E-state index in [1.165, 1.54) is 0 Å². The van der Waals surface area contributed by atoms with Crippen LogP contribution in [0, 0.1) is 6.92 Å². The largest absolute Gasteiger partial charge is 0.373 e. The number of nitrogens with one attached hydrogen (secondary N) is 1. The lowest BCUT2D eigenvalue weighted by Crippen LogP contribution is -2.47. The van der Waals surface area contributed by atoms with Gasteiger partial charge >= 0.3 is 0 Å². The van der Waals surface area contributed by atoms with Gasteiger partial charge in [-0.25, -0.2) is 4.98 Å². The van der Waals surface area contributed by atoms with Gasteiger partial charge in [0.15, 0.2) is 0 Å². The fourth-order valence-electron chi connectivity index (χ4n) is 3.23. The highest BCUT2D eigenvalue weighted by atomic mass is 32.2. The van der Waals surface area contributed by atoms with E-state index in [1.54, 1.807) is 23.1 Å². The van der Waals surface area contributed by atoms with Crippen molar-refractivity contribution in [3.05, 3.63) is 45.9 Å². The minimum Gasteiger partial charge on any atom is -0.373 e. The monoisotopic (exact) mass is 405 g/mol. The number of amides is 1. The van der Waals surface area contributed by atoms with Crippen molar-refractivity contribution in [2.24, 2.45) is 0 Å². The zero-order chi connectivity index (χ0) is 19.2. The molecule has 1 saturated heterocycles. The zero-order valence-corrected chi connectivity index (χ0v) is 17.7. The summed E-state index contributed by atoms with van der Waals surface area (Å²) in [5.74, 6) is 0.836. The van der Waals surface area contributed by atoms with Crippen LogP contribution in [0.4, 0.5) is 0 Å². The number of rotatable bonds is 7. The third-order valence-electron chi connectivity index (χ3n) is 4.38. The first-order chi connectivity index (χ1) is 13.0. The second-order valence-electron chi connectivity index (χ2n) is 6.94. The molecule has 2 heterocycles. The molecule has 2 aromatic rings. The van der Waals surface area contributed by atoms with Crippen LogP contribution in [0.1, 0.15) is 34.9 Å². The SMILES string of the molecule is Cc1nc(CSc2ccc(C(=O)NCCN3CC(C)OC(C)C3)cc2)cs1. The van der Waals surface area contributed by atoms with Crippen molar-refractivity contribution >= 4 is 29.0 Å². The molecule has 0 radical (unpaired) electrons. The van der Waals surface area contributed by atoms with Gasteiger partial charge in [0.1, 0.15) is 0 Å². The molecule has 1 N–H and O–H groups in total. The quantitative estimate of drug-likeness (QED) is 0.714. The van der Waals surface area contributed by atoms with Crippen molar-refractivity contribution in [1.82, 2.24) is 15.2 Å². The van der Waals surface area contributed by atoms with Crippen LogP contribution in [0.2, 0.25) is 0 Å². The van der Waals surface area contributed by atoms with Crippen LogP contribution in [0.15, 0.2) is 34.5 Å². The fraction of sp³-hybridized carbons (Fsp3) is 0.500. The lowest BCUT2D eigenvalue weighted by molar-refractivity contribution is -0.0672. The molecule has 5 nitrogen and oxygen atoms in total. The summed E-state index contributed by atoms with van der Waals surface area (Å²) < 4.78 is 5.74. The predicted octanol–water partition coefficient (Wildman–Crippen LogP) is 3.58. The van der Waals surface area contributed by atoms with E-state index in [0.717, 1.165) is 41.0 Å². The Morgan fingerprint density at radius 1 is 1.30 bits per heavy atom. The molecule has 1 fully saturated rings. The van der Waals surface area contributed by atoms with Gasteiger partial charge in [-0.1, -0.05) is 0 Å². The van der Waals surface area contributed by atoms with Gasteiger partial charge in [-0.3, -0.25) is 9.69 Å². The molecular weight excluding hydrogens is 378 g/mol. The molecule has 146 valence electrons. The Kier molecular flexibility index (Phi) is 7.29. The number of ether oxygens (including phenoxy) is 1. The Labute approximate surface area is 169 Å². The number of hydrogen-bond acceptors (Lipinski definition) is 6. The Morgan fingerprint density at radius 3 is 2.63 bits per heavy atom. The average molecular weight is 406 g/mol. The first-order valence-corrected chi connectivity index (χ1v) is 11.2. The summed E-state index contributed by atoms with van der Waals surface area (Å²) in [7, 11) is 0. The predicted molar refractivity (Wildman–Crippen MR) is 112 cm³/mol. The molecule has 0 saturated carbocycles. The fourth-order valence-corrected chi connectivity index (χ4v) is 4.74. The number of hydrogen-bond donors (Lipinski definition) is 1. The number of carbonyl (C=O) groups excluding carboxylic acids is 1. The molecule has 2 atom stereocenters. The smallest absolute Gasteiger partial charge is 0.251 e. The van der Waals surface area contributed by atoms with Crippen LogP contribution >= 0.6 is 23.1 Å². The maximum absolute atomic E-state index is 12.3. The van der Waals surface area contributed by atoms with Gasteiger partial charge in [0.05, 0.1) is 22.9 Å². The number of thioether (sulfide) groups is 1. The minimum absolute atomic E-state index is 0.0176. The first-order valence-electron chi connectivity index (χ1n) is 9.29. The lowest BCUT2D eigenvalue weighted by Gasteiger charge is -2.35. The first kappa shape index (κ1) is 20.3. The van der Waals surface area contributed by atoms with Crippen molar-refractivity contribution in [1.29, 1.82) is 0 Å². The lowest BCUT2D eigenvalue weighted by atomic mass is 10.2. The number of carbonyl (C=O) groups is 1. The van der Waals surface area contributed by atoms with Crippen LogP contribution < -0.4 is 5.32 Å². The van der Waals surface area contributed by atoms with Gasteiger partial charge in [-0.2, -0.15) is 0 Å². The van der Waals surface area contributed by atoms with E-state index in [2.05, 4.69) is 34.4 Å². The molecule has 2 unspecified atom stereocenters. The number of thiazole rings is 1. The van der Waals surface area contributed by atoms with E-state index in [4.69, 9.17) is 4.74 Å². The van der Waals surface area contributed by atoms with Crippen LogP contribution in [0.3, 0.4) is 0 Å². The summed E-state index contributed by atoms with van der Waals surface area (Å²) in [6, 6.07) is 7.79. The van der Waals surface area contributed by atoms with Gasteiger partial charge in [-0.05, 0) is 45.0 Å². The molecule has 1 amide bonds. The summed E-state index contributed by atoms with van der Waals surface area (Å²) >= 11 is 3.41. The summed E-state index contributed by atoms with van der Waals surface area (Å²) in [4.78, 5) is 20.3. The zero-order valence-electron chi connectivity index (χ0n) is 16.1. The van der Waals surface area contributed by atoms with Crippen molar-refractivity contribution in [2.75, 3.05) is 26.2 Å². The van der Waals surface area contributed by atoms with Gasteiger partial charge in [0.2, 0.25) is 0 Å². The van der Waals surface area contributed by atoms with E-state index in [0.29, 0.717) is 12.1 Å². The molecule has 0 bridgehead atoms. The van der Waals surface area contributed by atoms with Crippen molar-refractivity contribution < 1.29 is 9.53 Å². The molecule has 1 aromatic carbocycles. The number of aromatic nitrogens is 1. The number of benzene rings is 1. The Balaban J connectivity index is 1.42. The van der Waals surface area contributed by atoms with Gasteiger partial charge in [-0.15, -0.1) is 23.1 Å². The van der Waals surface area contributed by atoms with Crippen molar-refractivity contribution in [3.63, 3.8) is 0 Å². The molecule has 0 spiro atoms. The van der Waals surface area contributed by atoms with Gasteiger partial charge < -0.3 is 10.1 Å². The molecular formula is C20H27N3O2S2. The summed E-state index contributed by atoms with van der Waals surface area (Å²) in [6.07, 6.45) is 0.505. The van der Waals surface area contributed by atoms with Gasteiger partial charge in [0, 0.05) is 47.8 Å². The van der Waals surface area contributed by atoms with Crippen molar-refractivity contribution in [2.45, 2.75) is 43.6 Å². The average Bonchev–Trinajstić information content (AvgIpc) is 3.05. The maximum atomic E-state index is 12.3. The molecule has 0 aliphatic carbocycles. The second-order valence-corrected chi connectivity index (χ2v) is 9.05. The van der Waals surface area contributed by atoms with E-state index >= 15 is 0 Å². The summed E-state index contributed by atoms with van der Waals surface area (Å²) in [5, 5.41) is 6.21. The topological polar surface area (TPSA) is 54.5 Å². The minimum atomic E-state index is -0.0176. The highest BCUT2D eigenvalue weighted by Gasteiger charge is 2.21. The highest BCUT2D eigenvalue weighted by Crippen LogP contribution is 2.23. The van der Waals surface area contributed by atoms with Crippen LogP contribution in [-0.2, 0) is 10.5 Å². The standard InChI is InChI=1S/C20H27N3O2S2/c1-14-10-23(11-15(2)25-14)9-8-21-20(24)17-4-6-19(7-5-17)27-13-18-12-26-16(3)22-18/h4-7,12,14-15H,8-11,13H2,1-3H3,(H,21,24). The van der Waals surface area contributed by atoms with Crippen LogP contribution in [0.25, 0.3) is 0 Å². The Morgan fingerprint density at radius 2 is 2.00 bits per heavy atom. The normalized spacial score (nSPS) is 20.6. The third-order valence-corrected chi connectivity index (χ3v) is 6.25.